The van der Waals surface area contributed by atoms with Crippen molar-refractivity contribution in [3.8, 4) is 0 Å². The third-order valence-electron chi connectivity index (χ3n) is 4.59. The average Bonchev–Trinajstić information content (AvgIpc) is 2.63. The fraction of sp³-hybridized carbons (Fsp3) is 0.238. The lowest BCUT2D eigenvalue weighted by atomic mass is 10.2. The van der Waals surface area contributed by atoms with Crippen molar-refractivity contribution in [1.82, 2.24) is 10.2 Å². The molecule has 0 amide bonds. The maximum Gasteiger partial charge on any atom is 0.264 e. The molecule has 1 N–H and O–H groups in total. The van der Waals surface area contributed by atoms with Crippen LogP contribution < -0.4 is 15.9 Å². The summed E-state index contributed by atoms with van der Waals surface area (Å²) in [4.78, 5) is 11.6. The molecule has 0 atom stereocenters. The summed E-state index contributed by atoms with van der Waals surface area (Å²) in [5, 5.41) is 8.65. The van der Waals surface area contributed by atoms with E-state index in [9.17, 15) is 4.79 Å². The second-order valence-corrected chi connectivity index (χ2v) is 11.7. The standard InChI is InChI=1S/C21H24N2O2Si/c1-21(2,3)26(18-10-6-4-7-11-18,19-12-8-5-9-13-19)25-16-17-14-20(24)23-22-15-17/h4-15H,16H2,1-3H3,(H,23,24). The van der Waals surface area contributed by atoms with Crippen molar-refractivity contribution in [3.05, 3.63) is 88.8 Å². The van der Waals surface area contributed by atoms with Crippen molar-refractivity contribution in [2.24, 2.45) is 0 Å². The molecule has 0 unspecified atom stereocenters. The summed E-state index contributed by atoms with van der Waals surface area (Å²) >= 11 is 0. The zero-order chi connectivity index (χ0) is 18.6. The highest BCUT2D eigenvalue weighted by molar-refractivity contribution is 6.99. The number of hydrogen-bond donors (Lipinski definition) is 1. The van der Waals surface area contributed by atoms with E-state index in [0.717, 1.165) is 5.56 Å². The Morgan fingerprint density at radius 2 is 1.50 bits per heavy atom. The number of aromatic amines is 1. The lowest BCUT2D eigenvalue weighted by Crippen LogP contribution is -2.66. The second kappa shape index (κ2) is 7.39. The van der Waals surface area contributed by atoms with Crippen molar-refractivity contribution >= 4 is 18.7 Å². The van der Waals surface area contributed by atoms with E-state index < -0.39 is 8.32 Å². The Bertz CT molecular complexity index is 863. The molecule has 0 bridgehead atoms. The SMILES string of the molecule is CC(C)(C)[Si](OCc1cn[nH]c(=O)c1)(c1ccccc1)c1ccccc1. The van der Waals surface area contributed by atoms with Crippen molar-refractivity contribution < 1.29 is 4.43 Å². The molecule has 2 aromatic carbocycles. The highest BCUT2D eigenvalue weighted by Crippen LogP contribution is 2.37. The molecule has 3 aromatic rings. The Morgan fingerprint density at radius 3 is 1.96 bits per heavy atom. The molecule has 0 aliphatic rings. The smallest absolute Gasteiger partial charge is 0.264 e. The first kappa shape index (κ1) is 18.3. The van der Waals surface area contributed by atoms with E-state index in [1.807, 2.05) is 12.1 Å². The van der Waals surface area contributed by atoms with Crippen molar-refractivity contribution in [2.45, 2.75) is 32.4 Å². The summed E-state index contributed by atoms with van der Waals surface area (Å²) in [7, 11) is -2.59. The van der Waals surface area contributed by atoms with E-state index in [0.29, 0.717) is 6.61 Å². The second-order valence-electron chi connectivity index (χ2n) is 7.41. The third-order valence-corrected chi connectivity index (χ3v) is 9.58. The van der Waals surface area contributed by atoms with Crippen LogP contribution in [0.3, 0.4) is 0 Å². The van der Waals surface area contributed by atoms with Crippen LogP contribution in [0, 0.1) is 0 Å². The lowest BCUT2D eigenvalue weighted by molar-refractivity contribution is 0.285. The average molecular weight is 365 g/mol. The Morgan fingerprint density at radius 1 is 0.962 bits per heavy atom. The van der Waals surface area contributed by atoms with Gasteiger partial charge in [-0.3, -0.25) is 4.79 Å². The Balaban J connectivity index is 2.12. The zero-order valence-electron chi connectivity index (χ0n) is 15.4. The first-order valence-electron chi connectivity index (χ1n) is 8.72. The molecule has 0 saturated carbocycles. The van der Waals surface area contributed by atoms with Crippen LogP contribution in [0.1, 0.15) is 26.3 Å². The summed E-state index contributed by atoms with van der Waals surface area (Å²) in [6.07, 6.45) is 1.65. The molecule has 0 spiro atoms. The molecular weight excluding hydrogens is 340 g/mol. The van der Waals surface area contributed by atoms with E-state index in [1.54, 1.807) is 12.3 Å². The monoisotopic (exact) mass is 364 g/mol. The first-order valence-corrected chi connectivity index (χ1v) is 10.6. The van der Waals surface area contributed by atoms with Crippen LogP contribution in [0.25, 0.3) is 0 Å². The van der Waals surface area contributed by atoms with Gasteiger partial charge in [0.25, 0.3) is 13.9 Å². The molecule has 0 aliphatic carbocycles. The molecule has 134 valence electrons. The molecule has 0 radical (unpaired) electrons. The molecule has 3 rings (SSSR count). The Kier molecular flexibility index (Phi) is 5.20. The van der Waals surface area contributed by atoms with E-state index >= 15 is 0 Å². The molecular formula is C21H24N2O2Si. The summed E-state index contributed by atoms with van der Waals surface area (Å²) in [5.41, 5.74) is 0.565. The van der Waals surface area contributed by atoms with Gasteiger partial charge in [-0.25, -0.2) is 5.10 Å². The molecule has 4 nitrogen and oxygen atoms in total. The van der Waals surface area contributed by atoms with E-state index in [-0.39, 0.29) is 10.6 Å². The number of H-pyrrole nitrogens is 1. The van der Waals surface area contributed by atoms with E-state index in [1.165, 1.54) is 10.4 Å². The minimum absolute atomic E-state index is 0.0929. The van der Waals surface area contributed by atoms with Crippen molar-refractivity contribution in [3.63, 3.8) is 0 Å². The number of nitrogens with zero attached hydrogens (tertiary/aromatic N) is 1. The van der Waals surface area contributed by atoms with Gasteiger partial charge in [0.05, 0.1) is 12.8 Å². The van der Waals surface area contributed by atoms with Crippen LogP contribution in [-0.2, 0) is 11.0 Å². The fourth-order valence-corrected chi connectivity index (χ4v) is 7.99. The Labute approximate surface area is 155 Å². The molecule has 1 heterocycles. The molecule has 1 aromatic heterocycles. The van der Waals surface area contributed by atoms with Gasteiger partial charge >= 0.3 is 0 Å². The fourth-order valence-electron chi connectivity index (χ4n) is 3.45. The lowest BCUT2D eigenvalue weighted by Gasteiger charge is -2.43. The summed E-state index contributed by atoms with van der Waals surface area (Å²) in [5.74, 6) is 0. The molecule has 0 aliphatic heterocycles. The normalized spacial score (nSPS) is 12.1. The minimum atomic E-state index is -2.59. The predicted molar refractivity (Wildman–Crippen MR) is 107 cm³/mol. The predicted octanol–water partition coefficient (Wildman–Crippen LogP) is 2.85. The van der Waals surface area contributed by atoms with Crippen LogP contribution >= 0.6 is 0 Å². The number of rotatable bonds is 5. The topological polar surface area (TPSA) is 55.0 Å². The molecule has 26 heavy (non-hydrogen) atoms. The van der Waals surface area contributed by atoms with Crippen LogP contribution in [-0.4, -0.2) is 18.5 Å². The van der Waals surface area contributed by atoms with Gasteiger partial charge in [-0.2, -0.15) is 5.10 Å². The van der Waals surface area contributed by atoms with Gasteiger partial charge in [-0.15, -0.1) is 0 Å². The minimum Gasteiger partial charge on any atom is -0.403 e. The number of benzene rings is 2. The molecule has 5 heteroatoms. The Hall–Kier alpha value is -2.50. The molecule has 0 saturated heterocycles. The van der Waals surface area contributed by atoms with Crippen LogP contribution in [0.15, 0.2) is 77.7 Å². The largest absolute Gasteiger partial charge is 0.403 e. The highest BCUT2D eigenvalue weighted by atomic mass is 28.4. The van der Waals surface area contributed by atoms with Gasteiger partial charge in [-0.05, 0) is 15.4 Å². The van der Waals surface area contributed by atoms with Crippen molar-refractivity contribution in [2.75, 3.05) is 0 Å². The van der Waals surface area contributed by atoms with Gasteiger partial charge < -0.3 is 4.43 Å². The zero-order valence-corrected chi connectivity index (χ0v) is 16.4. The van der Waals surface area contributed by atoms with Crippen LogP contribution in [0.5, 0.6) is 0 Å². The van der Waals surface area contributed by atoms with Gasteiger partial charge in [0.1, 0.15) is 0 Å². The maximum absolute atomic E-state index is 11.6. The third kappa shape index (κ3) is 3.54. The first-order chi connectivity index (χ1) is 12.4. The van der Waals surface area contributed by atoms with E-state index in [2.05, 4.69) is 79.5 Å². The number of nitrogens with one attached hydrogen (secondary N) is 1. The van der Waals surface area contributed by atoms with E-state index in [4.69, 9.17) is 4.43 Å². The molecule has 0 fully saturated rings. The van der Waals surface area contributed by atoms with Gasteiger partial charge in [0.2, 0.25) is 0 Å². The number of hydrogen-bond acceptors (Lipinski definition) is 3. The summed E-state index contributed by atoms with van der Waals surface area (Å²) < 4.78 is 6.75. The summed E-state index contributed by atoms with van der Waals surface area (Å²) in [6.45, 7) is 7.05. The van der Waals surface area contributed by atoms with Crippen LogP contribution in [0.4, 0.5) is 0 Å². The maximum atomic E-state index is 11.6. The van der Waals surface area contributed by atoms with Gasteiger partial charge in [-0.1, -0.05) is 81.4 Å². The van der Waals surface area contributed by atoms with Gasteiger partial charge in [0.15, 0.2) is 0 Å². The van der Waals surface area contributed by atoms with Crippen molar-refractivity contribution in [1.29, 1.82) is 0 Å². The van der Waals surface area contributed by atoms with Gasteiger partial charge in [0, 0.05) is 11.6 Å². The van der Waals surface area contributed by atoms with Crippen LogP contribution in [0.2, 0.25) is 5.04 Å². The number of aromatic nitrogens is 2. The highest BCUT2D eigenvalue weighted by Gasteiger charge is 2.50. The quantitative estimate of drug-likeness (QED) is 0.708. The summed E-state index contributed by atoms with van der Waals surface area (Å²) in [6, 6.07) is 22.4.